The highest BCUT2D eigenvalue weighted by Crippen LogP contribution is 2.24. The lowest BCUT2D eigenvalue weighted by Crippen LogP contribution is -2.60. The standard InChI is InChI=1S/C66H125NO10/c1-3-5-7-9-11-13-15-17-19-21-23-25-27-28-29-30-31-32-34-36-38-40-42-44-46-48-50-52-54-59(70)65(75)67-57(56-76-66-64(74)63(73)62(72)60(55-68)77-66)61(71)58(69)53-51-49-47-45-43-41-39-37-35-33-26-24-22-20-18-16-14-12-10-8-6-4-2/h23,25,28-29,45,47,57-64,66,68-74H,3-22,24,26-27,30-44,46,48-56H2,1-2H3,(H,67,75)/b25-23-,29-28-,47-45+. The second-order valence-electron chi connectivity index (χ2n) is 23.2. The van der Waals surface area contributed by atoms with Crippen molar-refractivity contribution >= 4 is 5.91 Å². The van der Waals surface area contributed by atoms with Crippen molar-refractivity contribution in [3.8, 4) is 0 Å². The Balaban J connectivity index is 2.25. The molecule has 1 aliphatic rings. The normalized spacial score (nSPS) is 19.7. The minimum absolute atomic E-state index is 0.253. The second kappa shape index (κ2) is 54.9. The average Bonchev–Trinajstić information content (AvgIpc) is 3.43. The first kappa shape index (κ1) is 73.3. The molecule has 0 aliphatic carbocycles. The van der Waals surface area contributed by atoms with Gasteiger partial charge in [-0.2, -0.15) is 0 Å². The number of nitrogens with one attached hydrogen (secondary N) is 1. The molecule has 0 aromatic rings. The number of ether oxygens (including phenoxy) is 2. The Morgan fingerprint density at radius 2 is 0.805 bits per heavy atom. The zero-order valence-corrected chi connectivity index (χ0v) is 50.0. The lowest BCUT2D eigenvalue weighted by Gasteiger charge is -2.40. The molecule has 1 aliphatic heterocycles. The summed E-state index contributed by atoms with van der Waals surface area (Å²) in [5, 5.41) is 76.4. The molecule has 9 atom stereocenters. The number of rotatable bonds is 57. The van der Waals surface area contributed by atoms with Crippen LogP contribution in [-0.2, 0) is 14.3 Å². The minimum atomic E-state index is -1.67. The summed E-state index contributed by atoms with van der Waals surface area (Å²) in [6.45, 7) is 3.48. The van der Waals surface area contributed by atoms with Gasteiger partial charge in [0.25, 0.3) is 0 Å². The van der Waals surface area contributed by atoms with E-state index in [4.69, 9.17) is 9.47 Å². The summed E-state index contributed by atoms with van der Waals surface area (Å²) in [6.07, 6.45) is 57.8. The zero-order valence-electron chi connectivity index (χ0n) is 50.0. The number of aliphatic hydroxyl groups excluding tert-OH is 7. The molecule has 0 bridgehead atoms. The third-order valence-corrected chi connectivity index (χ3v) is 15.9. The van der Waals surface area contributed by atoms with Crippen molar-refractivity contribution in [1.29, 1.82) is 0 Å². The van der Waals surface area contributed by atoms with E-state index < -0.39 is 74.2 Å². The Kier molecular flexibility index (Phi) is 52.3. The van der Waals surface area contributed by atoms with Gasteiger partial charge in [-0.25, -0.2) is 0 Å². The van der Waals surface area contributed by atoms with E-state index in [2.05, 4.69) is 55.6 Å². The lowest BCUT2D eigenvalue weighted by atomic mass is 9.98. The van der Waals surface area contributed by atoms with Gasteiger partial charge in [0.15, 0.2) is 6.29 Å². The van der Waals surface area contributed by atoms with Crippen LogP contribution in [0.4, 0.5) is 0 Å². The monoisotopic (exact) mass is 1090 g/mol. The van der Waals surface area contributed by atoms with Gasteiger partial charge >= 0.3 is 0 Å². The quantitative estimate of drug-likeness (QED) is 0.0215. The minimum Gasteiger partial charge on any atom is -0.394 e. The van der Waals surface area contributed by atoms with Crippen LogP contribution >= 0.6 is 0 Å². The fourth-order valence-corrected chi connectivity index (χ4v) is 10.6. The molecule has 8 N–H and O–H groups in total. The topological polar surface area (TPSA) is 189 Å². The van der Waals surface area contributed by atoms with Crippen molar-refractivity contribution in [1.82, 2.24) is 5.32 Å². The van der Waals surface area contributed by atoms with E-state index >= 15 is 0 Å². The third-order valence-electron chi connectivity index (χ3n) is 15.9. The van der Waals surface area contributed by atoms with Crippen molar-refractivity contribution in [2.24, 2.45) is 0 Å². The molecular formula is C66H125NO10. The summed E-state index contributed by atoms with van der Waals surface area (Å²) < 4.78 is 11.2. The number of aliphatic hydroxyl groups is 7. The predicted molar refractivity (Wildman–Crippen MR) is 321 cm³/mol. The summed E-state index contributed by atoms with van der Waals surface area (Å²) in [5.41, 5.74) is 0. The predicted octanol–water partition coefficient (Wildman–Crippen LogP) is 15.0. The van der Waals surface area contributed by atoms with E-state index in [1.54, 1.807) is 0 Å². The van der Waals surface area contributed by atoms with E-state index in [0.717, 1.165) is 44.9 Å². The molecule has 9 unspecified atom stereocenters. The van der Waals surface area contributed by atoms with E-state index in [0.29, 0.717) is 12.8 Å². The molecular weight excluding hydrogens is 967 g/mol. The molecule has 1 heterocycles. The molecule has 0 aromatic carbocycles. The van der Waals surface area contributed by atoms with Crippen molar-refractivity contribution in [2.45, 2.75) is 364 Å². The third kappa shape index (κ3) is 42.8. The van der Waals surface area contributed by atoms with Gasteiger partial charge in [0, 0.05) is 0 Å². The Hall–Kier alpha value is -1.67. The number of hydrogen-bond donors (Lipinski definition) is 8. The van der Waals surface area contributed by atoms with Gasteiger partial charge in [-0.1, -0.05) is 275 Å². The maximum absolute atomic E-state index is 13.2. The Labute approximate surface area is 473 Å². The summed E-state index contributed by atoms with van der Waals surface area (Å²) in [7, 11) is 0. The van der Waals surface area contributed by atoms with E-state index in [1.165, 1.54) is 225 Å². The van der Waals surface area contributed by atoms with E-state index in [1.807, 2.05) is 0 Å². The van der Waals surface area contributed by atoms with Crippen molar-refractivity contribution in [3.63, 3.8) is 0 Å². The number of allylic oxidation sites excluding steroid dienone is 6. The van der Waals surface area contributed by atoms with E-state index in [-0.39, 0.29) is 12.8 Å². The van der Waals surface area contributed by atoms with Crippen LogP contribution < -0.4 is 5.32 Å². The van der Waals surface area contributed by atoms with Crippen LogP contribution in [0, 0.1) is 0 Å². The SMILES string of the molecule is CCCCCCCCCCC/C=C\C/C=C\CCCCCCCCCCCCCCC(O)C(=O)NC(COC1OC(CO)C(O)C(O)C1O)C(O)C(O)CCC/C=C/CCCCCCCCCCCCCCCCCCC. The molecule has 11 nitrogen and oxygen atoms in total. The van der Waals surface area contributed by atoms with Gasteiger partial charge in [0.2, 0.25) is 5.91 Å². The van der Waals surface area contributed by atoms with Crippen LogP contribution in [0.2, 0.25) is 0 Å². The molecule has 1 fully saturated rings. The molecule has 0 saturated carbocycles. The molecule has 0 spiro atoms. The van der Waals surface area contributed by atoms with Crippen molar-refractivity contribution in [2.75, 3.05) is 13.2 Å². The second-order valence-corrected chi connectivity index (χ2v) is 23.2. The molecule has 0 radical (unpaired) electrons. The van der Waals surface area contributed by atoms with Crippen LogP contribution in [0.3, 0.4) is 0 Å². The molecule has 77 heavy (non-hydrogen) atoms. The highest BCUT2D eigenvalue weighted by Gasteiger charge is 2.44. The molecule has 11 heteroatoms. The van der Waals surface area contributed by atoms with Gasteiger partial charge < -0.3 is 50.5 Å². The van der Waals surface area contributed by atoms with Crippen LogP contribution in [0.1, 0.15) is 309 Å². The average molecular weight is 1090 g/mol. The fraction of sp³-hybridized carbons (Fsp3) is 0.894. The molecule has 454 valence electrons. The number of carbonyl (C=O) groups excluding carboxylic acids is 1. The van der Waals surface area contributed by atoms with Crippen LogP contribution in [0.5, 0.6) is 0 Å². The lowest BCUT2D eigenvalue weighted by molar-refractivity contribution is -0.303. The first-order valence-corrected chi connectivity index (χ1v) is 32.9. The van der Waals surface area contributed by atoms with Crippen molar-refractivity contribution in [3.05, 3.63) is 36.5 Å². The first-order chi connectivity index (χ1) is 37.7. The van der Waals surface area contributed by atoms with Gasteiger partial charge in [-0.15, -0.1) is 0 Å². The number of hydrogen-bond acceptors (Lipinski definition) is 10. The Morgan fingerprint density at radius 1 is 0.455 bits per heavy atom. The first-order valence-electron chi connectivity index (χ1n) is 32.9. The largest absolute Gasteiger partial charge is 0.394 e. The maximum Gasteiger partial charge on any atom is 0.249 e. The summed E-state index contributed by atoms with van der Waals surface area (Å²) in [4.78, 5) is 13.2. The maximum atomic E-state index is 13.2. The van der Waals surface area contributed by atoms with Gasteiger partial charge in [-0.05, 0) is 70.6 Å². The molecule has 1 amide bonds. The highest BCUT2D eigenvalue weighted by atomic mass is 16.7. The zero-order chi connectivity index (χ0) is 56.1. The fourth-order valence-electron chi connectivity index (χ4n) is 10.6. The van der Waals surface area contributed by atoms with Gasteiger partial charge in [-0.3, -0.25) is 4.79 Å². The van der Waals surface area contributed by atoms with Crippen LogP contribution in [0.15, 0.2) is 36.5 Å². The highest BCUT2D eigenvalue weighted by molar-refractivity contribution is 5.80. The smallest absolute Gasteiger partial charge is 0.249 e. The number of unbranched alkanes of at least 4 members (excludes halogenated alkanes) is 39. The van der Waals surface area contributed by atoms with E-state index in [9.17, 15) is 40.5 Å². The molecule has 0 aromatic heterocycles. The van der Waals surface area contributed by atoms with Gasteiger partial charge in [0.05, 0.1) is 25.4 Å². The number of carbonyl (C=O) groups is 1. The van der Waals surface area contributed by atoms with Gasteiger partial charge in [0.1, 0.15) is 36.6 Å². The molecule has 1 rings (SSSR count). The summed E-state index contributed by atoms with van der Waals surface area (Å²) >= 11 is 0. The van der Waals surface area contributed by atoms with Crippen LogP contribution in [-0.4, -0.2) is 110 Å². The Bertz CT molecular complexity index is 1350. The molecule has 1 saturated heterocycles. The van der Waals surface area contributed by atoms with Crippen molar-refractivity contribution < 1.29 is 50.0 Å². The summed E-state index contributed by atoms with van der Waals surface area (Å²) in [6, 6.07) is -1.19. The number of amides is 1. The summed E-state index contributed by atoms with van der Waals surface area (Å²) in [5.74, 6) is -0.704. The van der Waals surface area contributed by atoms with Crippen LogP contribution in [0.25, 0.3) is 0 Å². The Morgan fingerprint density at radius 3 is 1.19 bits per heavy atom.